The molecule has 1 unspecified atom stereocenters. The van der Waals surface area contributed by atoms with E-state index in [0.717, 1.165) is 31.5 Å². The number of carboxylic acids is 1. The highest BCUT2D eigenvalue weighted by Gasteiger charge is 2.26. The summed E-state index contributed by atoms with van der Waals surface area (Å²) in [5, 5.41) is 9.32. The van der Waals surface area contributed by atoms with Gasteiger partial charge in [0.2, 0.25) is 0 Å². The maximum Gasteiger partial charge on any atom is 0.321 e. The molecule has 0 spiro atoms. The second-order valence-corrected chi connectivity index (χ2v) is 4.78. The summed E-state index contributed by atoms with van der Waals surface area (Å²) < 4.78 is 13.1. The van der Waals surface area contributed by atoms with E-state index in [1.54, 1.807) is 12.1 Å². The lowest BCUT2D eigenvalue weighted by Gasteiger charge is -2.32. The van der Waals surface area contributed by atoms with Crippen LogP contribution >= 0.6 is 0 Å². The highest BCUT2D eigenvalue weighted by molar-refractivity contribution is 5.74. The number of benzene rings is 1. The Hall–Kier alpha value is -1.42. The van der Waals surface area contributed by atoms with Crippen LogP contribution in [-0.2, 0) is 11.2 Å². The van der Waals surface area contributed by atoms with Gasteiger partial charge in [0.05, 0.1) is 0 Å². The van der Waals surface area contributed by atoms with Crippen LogP contribution in [0.2, 0.25) is 0 Å². The zero-order chi connectivity index (χ0) is 13.0. The van der Waals surface area contributed by atoms with Crippen LogP contribution in [0.5, 0.6) is 0 Å². The molecule has 1 saturated heterocycles. The van der Waals surface area contributed by atoms with E-state index in [4.69, 9.17) is 0 Å². The predicted molar refractivity (Wildman–Crippen MR) is 67.0 cm³/mol. The van der Waals surface area contributed by atoms with Crippen molar-refractivity contribution in [2.75, 3.05) is 13.1 Å². The molecule has 0 saturated carbocycles. The van der Waals surface area contributed by atoms with Crippen LogP contribution in [0.3, 0.4) is 0 Å². The lowest BCUT2D eigenvalue weighted by molar-refractivity contribution is -0.143. The number of likely N-dealkylation sites (tertiary alicyclic amines) is 1. The number of rotatable bonds is 4. The largest absolute Gasteiger partial charge is 0.480 e. The van der Waals surface area contributed by atoms with Gasteiger partial charge in [-0.2, -0.15) is 0 Å². The first kappa shape index (κ1) is 13.0. The van der Waals surface area contributed by atoms with Crippen molar-refractivity contribution in [1.29, 1.82) is 0 Å². The predicted octanol–water partition coefficient (Wildman–Crippen LogP) is 2.31. The van der Waals surface area contributed by atoms with Gasteiger partial charge in [0, 0.05) is 0 Å². The Morgan fingerprint density at radius 2 is 2.06 bits per heavy atom. The maximum atomic E-state index is 13.1. The van der Waals surface area contributed by atoms with E-state index < -0.39 is 12.0 Å². The fraction of sp³-hybridized carbons (Fsp3) is 0.500. The molecule has 0 bridgehead atoms. The van der Waals surface area contributed by atoms with E-state index in [2.05, 4.69) is 0 Å². The van der Waals surface area contributed by atoms with Crippen LogP contribution in [0.1, 0.15) is 24.8 Å². The van der Waals surface area contributed by atoms with Crippen molar-refractivity contribution in [2.45, 2.75) is 31.7 Å². The van der Waals surface area contributed by atoms with Crippen molar-refractivity contribution in [3.05, 3.63) is 35.6 Å². The highest BCUT2D eigenvalue weighted by Crippen LogP contribution is 2.16. The van der Waals surface area contributed by atoms with Gasteiger partial charge in [-0.05, 0) is 50.0 Å². The second kappa shape index (κ2) is 5.96. The molecule has 1 atom stereocenters. The van der Waals surface area contributed by atoms with Gasteiger partial charge in [0.25, 0.3) is 0 Å². The molecule has 1 aromatic carbocycles. The van der Waals surface area contributed by atoms with Crippen LogP contribution in [-0.4, -0.2) is 35.1 Å². The number of nitrogens with zero attached hydrogens (tertiary/aromatic N) is 1. The topological polar surface area (TPSA) is 40.5 Å². The van der Waals surface area contributed by atoms with Gasteiger partial charge in [-0.25, -0.2) is 4.39 Å². The minimum Gasteiger partial charge on any atom is -0.480 e. The summed E-state index contributed by atoms with van der Waals surface area (Å²) in [6.07, 6.45) is 3.63. The minimum atomic E-state index is -0.818. The van der Waals surface area contributed by atoms with Gasteiger partial charge in [-0.15, -0.1) is 0 Å². The number of halogens is 1. The Labute approximate surface area is 106 Å². The van der Waals surface area contributed by atoms with E-state index in [1.807, 2.05) is 4.90 Å². The lowest BCUT2D eigenvalue weighted by atomic mass is 10.0. The third-order valence-electron chi connectivity index (χ3n) is 3.43. The zero-order valence-corrected chi connectivity index (χ0v) is 10.3. The van der Waals surface area contributed by atoms with Crippen LogP contribution in [0.15, 0.2) is 24.3 Å². The number of piperidine rings is 1. The van der Waals surface area contributed by atoms with Crippen molar-refractivity contribution in [1.82, 2.24) is 4.90 Å². The first-order chi connectivity index (χ1) is 8.66. The Morgan fingerprint density at radius 3 is 2.67 bits per heavy atom. The third kappa shape index (κ3) is 3.29. The molecular weight excluding hydrogens is 233 g/mol. The van der Waals surface area contributed by atoms with E-state index >= 15 is 0 Å². The molecule has 98 valence electrons. The van der Waals surface area contributed by atoms with Crippen LogP contribution in [0.25, 0.3) is 0 Å². The molecule has 1 fully saturated rings. The first-order valence-electron chi connectivity index (χ1n) is 6.38. The van der Waals surface area contributed by atoms with Crippen molar-refractivity contribution in [2.24, 2.45) is 0 Å². The van der Waals surface area contributed by atoms with Gasteiger partial charge in [0.1, 0.15) is 11.9 Å². The van der Waals surface area contributed by atoms with Crippen molar-refractivity contribution in [3.63, 3.8) is 0 Å². The van der Waals surface area contributed by atoms with Crippen LogP contribution in [0, 0.1) is 5.82 Å². The number of hydrogen-bond acceptors (Lipinski definition) is 2. The molecule has 1 N–H and O–H groups in total. The molecule has 1 aromatic rings. The van der Waals surface area contributed by atoms with Crippen molar-refractivity contribution < 1.29 is 14.3 Å². The van der Waals surface area contributed by atoms with Gasteiger partial charge in [-0.3, -0.25) is 9.69 Å². The highest BCUT2D eigenvalue weighted by atomic mass is 19.1. The summed E-state index contributed by atoms with van der Waals surface area (Å²) >= 11 is 0. The second-order valence-electron chi connectivity index (χ2n) is 4.78. The quantitative estimate of drug-likeness (QED) is 0.892. The molecule has 0 amide bonds. The van der Waals surface area contributed by atoms with Crippen LogP contribution in [0.4, 0.5) is 4.39 Å². The average Bonchev–Trinajstić information content (AvgIpc) is 2.37. The average molecular weight is 251 g/mol. The monoisotopic (exact) mass is 251 g/mol. The zero-order valence-electron chi connectivity index (χ0n) is 10.3. The fourth-order valence-corrected chi connectivity index (χ4v) is 2.49. The number of aliphatic carboxylic acids is 1. The molecule has 0 radical (unpaired) electrons. The standard InChI is InChI=1S/C14H18FNO2/c15-12-6-4-5-11(9-12)10-13(14(17)18)16-7-2-1-3-8-16/h4-6,9,13H,1-3,7-8,10H2,(H,17,18). The molecule has 1 heterocycles. The normalized spacial score (nSPS) is 18.5. The number of carboxylic acid groups (broad SMARTS) is 1. The molecule has 4 heteroatoms. The molecule has 0 aromatic heterocycles. The van der Waals surface area contributed by atoms with Crippen molar-refractivity contribution >= 4 is 5.97 Å². The molecule has 3 nitrogen and oxygen atoms in total. The van der Waals surface area contributed by atoms with Crippen molar-refractivity contribution in [3.8, 4) is 0 Å². The molecular formula is C14H18FNO2. The van der Waals surface area contributed by atoms with E-state index in [0.29, 0.717) is 6.42 Å². The first-order valence-corrected chi connectivity index (χ1v) is 6.38. The minimum absolute atomic E-state index is 0.310. The molecule has 0 aliphatic carbocycles. The number of carbonyl (C=O) groups is 1. The summed E-state index contributed by atoms with van der Waals surface area (Å²) in [5.41, 5.74) is 0.743. The van der Waals surface area contributed by atoms with Gasteiger partial charge >= 0.3 is 5.97 Å². The third-order valence-corrected chi connectivity index (χ3v) is 3.43. The molecule has 1 aliphatic heterocycles. The Balaban J connectivity index is 2.08. The van der Waals surface area contributed by atoms with E-state index in [1.165, 1.54) is 18.6 Å². The Kier molecular flexibility index (Phi) is 4.31. The number of hydrogen-bond donors (Lipinski definition) is 1. The summed E-state index contributed by atoms with van der Waals surface area (Å²) in [6.45, 7) is 1.65. The Bertz CT molecular complexity index is 416. The summed E-state index contributed by atoms with van der Waals surface area (Å²) in [7, 11) is 0. The maximum absolute atomic E-state index is 13.1. The smallest absolute Gasteiger partial charge is 0.321 e. The summed E-state index contributed by atoms with van der Waals surface area (Å²) in [4.78, 5) is 13.3. The van der Waals surface area contributed by atoms with Gasteiger partial charge in [-0.1, -0.05) is 18.6 Å². The van der Waals surface area contributed by atoms with E-state index in [-0.39, 0.29) is 5.82 Å². The summed E-state index contributed by atoms with van der Waals surface area (Å²) in [5.74, 6) is -1.13. The van der Waals surface area contributed by atoms with Crippen LogP contribution < -0.4 is 0 Å². The molecule has 1 aliphatic rings. The Morgan fingerprint density at radius 1 is 1.33 bits per heavy atom. The SMILES string of the molecule is O=C(O)C(Cc1cccc(F)c1)N1CCCCC1. The lowest BCUT2D eigenvalue weighted by Crippen LogP contribution is -2.45. The van der Waals surface area contributed by atoms with Gasteiger partial charge < -0.3 is 5.11 Å². The molecule has 2 rings (SSSR count). The van der Waals surface area contributed by atoms with Gasteiger partial charge in [0.15, 0.2) is 0 Å². The molecule has 18 heavy (non-hydrogen) atoms. The summed E-state index contributed by atoms with van der Waals surface area (Å²) in [6, 6.07) is 5.66. The van der Waals surface area contributed by atoms with E-state index in [9.17, 15) is 14.3 Å². The fourth-order valence-electron chi connectivity index (χ4n) is 2.49.